The lowest BCUT2D eigenvalue weighted by atomic mass is 10.1. The first-order valence-corrected chi connectivity index (χ1v) is 10.3. The Morgan fingerprint density at radius 2 is 1.72 bits per heavy atom. The zero-order valence-electron chi connectivity index (χ0n) is 17.2. The van der Waals surface area contributed by atoms with Gasteiger partial charge < -0.3 is 20.6 Å². The Balaban J connectivity index is 1.57. The van der Waals surface area contributed by atoms with Crippen LogP contribution in [0, 0.1) is 0 Å². The average Bonchev–Trinajstić information content (AvgIpc) is 3.02. The highest BCUT2D eigenvalue weighted by Gasteiger charge is 2.29. The molecular weight excluding hydrogens is 386 g/mol. The lowest BCUT2D eigenvalue weighted by Gasteiger charge is -2.18. The van der Waals surface area contributed by atoms with E-state index >= 15 is 0 Å². The van der Waals surface area contributed by atoms with Crippen LogP contribution in [-0.4, -0.2) is 42.0 Å². The van der Waals surface area contributed by atoms with Gasteiger partial charge in [-0.05, 0) is 74.2 Å². The van der Waals surface area contributed by atoms with E-state index in [0.29, 0.717) is 0 Å². The Kier molecular flexibility index (Phi) is 6.07. The maximum atomic E-state index is 12.4. The molecule has 1 aliphatic rings. The largest absolute Gasteiger partial charge is 0.480 e. The summed E-state index contributed by atoms with van der Waals surface area (Å²) >= 11 is 1.34. The number of carboxylic acids is 1. The smallest absolute Gasteiger partial charge is 0.319 e. The maximum absolute atomic E-state index is 12.4. The van der Waals surface area contributed by atoms with Crippen molar-refractivity contribution in [1.29, 1.82) is 0 Å². The van der Waals surface area contributed by atoms with Crippen LogP contribution in [-0.2, 0) is 17.6 Å². The fraction of sp³-hybridized carbons (Fsp3) is 0.364. The molecule has 3 rings (SSSR count). The molecule has 0 fully saturated rings. The fourth-order valence-electron chi connectivity index (χ4n) is 3.29. The minimum Gasteiger partial charge on any atom is -0.480 e. The van der Waals surface area contributed by atoms with Crippen molar-refractivity contribution in [2.45, 2.75) is 42.4 Å². The summed E-state index contributed by atoms with van der Waals surface area (Å²) in [5, 5.41) is 15.2. The van der Waals surface area contributed by atoms with E-state index in [4.69, 9.17) is 0 Å². The van der Waals surface area contributed by atoms with Crippen molar-refractivity contribution in [3.05, 3.63) is 53.6 Å². The summed E-state index contributed by atoms with van der Waals surface area (Å²) in [7, 11) is 3.94. The number of hydrogen-bond acceptors (Lipinski definition) is 4. The van der Waals surface area contributed by atoms with E-state index in [1.54, 1.807) is 13.8 Å². The lowest BCUT2D eigenvalue weighted by molar-refractivity contribution is -0.138. The van der Waals surface area contributed by atoms with E-state index in [-0.39, 0.29) is 12.1 Å². The van der Waals surface area contributed by atoms with Gasteiger partial charge in [-0.25, -0.2) is 4.79 Å². The molecule has 0 saturated heterocycles. The number of hydrogen-bond donors (Lipinski definition) is 3. The Hall–Kier alpha value is -2.67. The topological polar surface area (TPSA) is 81.7 Å². The predicted octanol–water partition coefficient (Wildman–Crippen LogP) is 4.00. The number of fused-ring (bicyclic) bond motifs is 1. The molecule has 6 nitrogen and oxygen atoms in total. The highest BCUT2D eigenvalue weighted by Crippen LogP contribution is 2.35. The summed E-state index contributed by atoms with van der Waals surface area (Å²) in [4.78, 5) is 26.7. The predicted molar refractivity (Wildman–Crippen MR) is 118 cm³/mol. The molecule has 1 unspecified atom stereocenters. The number of amides is 2. The number of thioether (sulfide) groups is 1. The second-order valence-electron chi connectivity index (χ2n) is 7.99. The molecule has 0 aromatic heterocycles. The van der Waals surface area contributed by atoms with Gasteiger partial charge in [-0.3, -0.25) is 4.79 Å². The quantitative estimate of drug-likeness (QED) is 0.624. The molecule has 2 aromatic rings. The number of anilines is 2. The minimum atomic E-state index is -0.882. The fourth-order valence-corrected chi connectivity index (χ4v) is 4.31. The van der Waals surface area contributed by atoms with Crippen molar-refractivity contribution < 1.29 is 14.7 Å². The molecule has 0 aliphatic heterocycles. The minimum absolute atomic E-state index is 0.0267. The van der Waals surface area contributed by atoms with Crippen molar-refractivity contribution in [3.63, 3.8) is 0 Å². The number of carbonyl (C=O) groups excluding carboxylic acids is 1. The zero-order valence-corrected chi connectivity index (χ0v) is 18.0. The number of rotatable bonds is 6. The Morgan fingerprint density at radius 3 is 2.34 bits per heavy atom. The van der Waals surface area contributed by atoms with E-state index in [2.05, 4.69) is 10.6 Å². The molecule has 0 radical (unpaired) electrons. The van der Waals surface area contributed by atoms with Gasteiger partial charge in [0.15, 0.2) is 0 Å². The highest BCUT2D eigenvalue weighted by atomic mass is 32.2. The third-order valence-corrected chi connectivity index (χ3v) is 6.15. The van der Waals surface area contributed by atoms with Crippen LogP contribution in [0.2, 0.25) is 0 Å². The number of nitrogens with zero attached hydrogens (tertiary/aromatic N) is 1. The van der Waals surface area contributed by atoms with Gasteiger partial charge in [-0.15, -0.1) is 11.8 Å². The Morgan fingerprint density at radius 1 is 1.07 bits per heavy atom. The van der Waals surface area contributed by atoms with Crippen molar-refractivity contribution in [1.82, 2.24) is 5.32 Å². The van der Waals surface area contributed by atoms with Crippen LogP contribution in [0.1, 0.15) is 25.0 Å². The molecule has 2 aromatic carbocycles. The summed E-state index contributed by atoms with van der Waals surface area (Å²) in [5.41, 5.74) is 4.18. The number of carboxylic acid groups (broad SMARTS) is 1. The Bertz CT molecular complexity index is 910. The van der Waals surface area contributed by atoms with Gasteiger partial charge in [0.05, 0.1) is 0 Å². The lowest BCUT2D eigenvalue weighted by Crippen LogP contribution is -2.38. The molecule has 0 spiro atoms. The average molecular weight is 414 g/mol. The van der Waals surface area contributed by atoms with Gasteiger partial charge in [-0.2, -0.15) is 0 Å². The standard InChI is InChI=1S/C22H27N3O3S/c1-22(2,20(26)27)29-19-10-5-14-11-17(12-15(14)13-19)24-21(28)23-16-6-8-18(9-7-16)25(3)4/h5-10,13,17H,11-12H2,1-4H3,(H,26,27)(H2,23,24,28). The molecule has 2 amide bonds. The van der Waals surface area contributed by atoms with Gasteiger partial charge in [0.25, 0.3) is 0 Å². The monoisotopic (exact) mass is 413 g/mol. The third-order valence-electron chi connectivity index (χ3n) is 4.98. The van der Waals surface area contributed by atoms with Crippen molar-refractivity contribution in [3.8, 4) is 0 Å². The van der Waals surface area contributed by atoms with Crippen LogP contribution in [0.3, 0.4) is 0 Å². The summed E-state index contributed by atoms with van der Waals surface area (Å²) in [5.74, 6) is -0.835. The van der Waals surface area contributed by atoms with Gasteiger partial charge in [0.1, 0.15) is 4.75 Å². The zero-order chi connectivity index (χ0) is 21.2. The van der Waals surface area contributed by atoms with Crippen LogP contribution in [0.4, 0.5) is 16.2 Å². The highest BCUT2D eigenvalue weighted by molar-refractivity contribution is 8.01. The second kappa shape index (κ2) is 8.37. The first kappa shape index (κ1) is 21.0. The summed E-state index contributed by atoms with van der Waals surface area (Å²) in [6.07, 6.45) is 1.51. The van der Waals surface area contributed by atoms with Crippen molar-refractivity contribution in [2.24, 2.45) is 0 Å². The van der Waals surface area contributed by atoms with Crippen LogP contribution >= 0.6 is 11.8 Å². The second-order valence-corrected chi connectivity index (χ2v) is 9.69. The molecule has 29 heavy (non-hydrogen) atoms. The molecule has 1 aliphatic carbocycles. The number of carbonyl (C=O) groups is 2. The van der Waals surface area contributed by atoms with Crippen LogP contribution in [0.25, 0.3) is 0 Å². The first-order valence-electron chi connectivity index (χ1n) is 9.53. The summed E-state index contributed by atoms with van der Waals surface area (Å²) < 4.78 is -0.882. The number of aliphatic carboxylic acids is 1. The van der Waals surface area contributed by atoms with Crippen LogP contribution in [0.15, 0.2) is 47.4 Å². The van der Waals surface area contributed by atoms with Gasteiger partial charge in [0.2, 0.25) is 0 Å². The van der Waals surface area contributed by atoms with E-state index in [1.807, 2.05) is 61.5 Å². The van der Waals surface area contributed by atoms with Gasteiger partial charge in [-0.1, -0.05) is 6.07 Å². The number of nitrogens with one attached hydrogen (secondary N) is 2. The molecule has 3 N–H and O–H groups in total. The molecule has 7 heteroatoms. The molecule has 1 atom stereocenters. The SMILES string of the molecule is CN(C)c1ccc(NC(=O)NC2Cc3ccc(SC(C)(C)C(=O)O)cc3C2)cc1. The number of benzene rings is 2. The number of urea groups is 1. The van der Waals surface area contributed by atoms with Gasteiger partial charge >= 0.3 is 12.0 Å². The van der Waals surface area contributed by atoms with Crippen molar-refractivity contribution in [2.75, 3.05) is 24.3 Å². The molecule has 0 bridgehead atoms. The van der Waals surface area contributed by atoms with E-state index in [1.165, 1.54) is 17.3 Å². The Labute approximate surface area is 175 Å². The molecule has 154 valence electrons. The third kappa shape index (κ3) is 5.23. The van der Waals surface area contributed by atoms with E-state index in [9.17, 15) is 14.7 Å². The molecular formula is C22H27N3O3S. The van der Waals surface area contributed by atoms with Crippen LogP contribution < -0.4 is 15.5 Å². The van der Waals surface area contributed by atoms with E-state index in [0.717, 1.165) is 34.7 Å². The summed E-state index contributed by atoms with van der Waals surface area (Å²) in [6.45, 7) is 3.40. The molecule has 0 heterocycles. The normalized spacial score (nSPS) is 15.5. The van der Waals surface area contributed by atoms with Gasteiger partial charge in [0, 0.05) is 36.4 Å². The summed E-state index contributed by atoms with van der Waals surface area (Å²) in [6, 6.07) is 13.5. The van der Waals surface area contributed by atoms with Crippen LogP contribution in [0.5, 0.6) is 0 Å². The van der Waals surface area contributed by atoms with Crippen molar-refractivity contribution >= 4 is 35.1 Å². The molecule has 0 saturated carbocycles. The maximum Gasteiger partial charge on any atom is 0.319 e. The first-order chi connectivity index (χ1) is 13.6. The van der Waals surface area contributed by atoms with E-state index < -0.39 is 10.7 Å².